The molecule has 0 nitrogen and oxygen atoms in total. The minimum atomic E-state index is 0.0554. The van der Waals surface area contributed by atoms with Gasteiger partial charge in [-0.3, -0.25) is 0 Å². The largest absolute Gasteiger partial charge is 0.214 e. The maximum absolute atomic E-state index is 5.52. The van der Waals surface area contributed by atoms with Gasteiger partial charge in [0, 0.05) is 0 Å². The summed E-state index contributed by atoms with van der Waals surface area (Å²) >= 11 is 6.82. The molecule has 53 heavy (non-hydrogen) atoms. The third-order valence-electron chi connectivity index (χ3n) is 8.61. The molecule has 0 atom stereocenters. The van der Waals surface area contributed by atoms with Gasteiger partial charge in [0.05, 0.1) is 0 Å². The minimum Gasteiger partial charge on any atom is -0.214 e. The van der Waals surface area contributed by atoms with Gasteiger partial charge >= 0.3 is 28.4 Å². The van der Waals surface area contributed by atoms with Crippen molar-refractivity contribution in [3.8, 4) is 22.3 Å². The molecule has 0 unspecified atom stereocenters. The number of hydrogen-bond donors (Lipinski definition) is 0. The fraction of sp³-hybridized carbons (Fsp3) is 0.157. The molecule has 2 heteroatoms. The quantitative estimate of drug-likeness (QED) is 0.153. The Kier molecular flexibility index (Phi) is 15.7. The monoisotopic (exact) mass is 786 g/mol. The molecule has 0 aliphatic carbocycles. The molecule has 0 aliphatic heterocycles. The van der Waals surface area contributed by atoms with E-state index < -0.39 is 0 Å². The zero-order valence-electron chi connectivity index (χ0n) is 31.8. The molecule has 0 radical (unpaired) electrons. The van der Waals surface area contributed by atoms with Crippen molar-refractivity contribution in [3.63, 3.8) is 0 Å². The second-order valence-corrected chi connectivity index (χ2v) is 15.0. The van der Waals surface area contributed by atoms with Gasteiger partial charge < -0.3 is 0 Å². The topological polar surface area (TPSA) is 0 Å². The molecular weight excluding hydrogens is 739 g/mol. The van der Waals surface area contributed by atoms with Gasteiger partial charge in [0.2, 0.25) is 0 Å². The molecule has 0 amide bonds. The Labute approximate surface area is 338 Å². The zero-order chi connectivity index (χ0) is 38.3. The zero-order valence-corrected chi connectivity index (χ0v) is 35.0. The van der Waals surface area contributed by atoms with Crippen LogP contribution in [0.25, 0.3) is 43.8 Å². The molecule has 8 aromatic carbocycles. The first-order valence-corrected chi connectivity index (χ1v) is 20.0. The van der Waals surface area contributed by atoms with Crippen LogP contribution in [0.3, 0.4) is 0 Å². The van der Waals surface area contributed by atoms with Crippen molar-refractivity contribution in [1.82, 2.24) is 0 Å². The van der Waals surface area contributed by atoms with E-state index in [1.807, 2.05) is 60.7 Å². The molecule has 0 aliphatic rings. The van der Waals surface area contributed by atoms with E-state index in [2.05, 4.69) is 149 Å². The molecule has 0 saturated heterocycles. The van der Waals surface area contributed by atoms with E-state index >= 15 is 0 Å². The van der Waals surface area contributed by atoms with Crippen molar-refractivity contribution in [3.05, 3.63) is 204 Å². The van der Waals surface area contributed by atoms with Gasteiger partial charge in [0.1, 0.15) is 0 Å². The average Bonchev–Trinajstić information content (AvgIpc) is 3.88. The number of rotatable bonds is 2. The molecule has 0 heterocycles. The van der Waals surface area contributed by atoms with Crippen molar-refractivity contribution in [2.24, 2.45) is 0 Å². The Hall–Kier alpha value is -4.42. The Morgan fingerprint density at radius 2 is 0.906 bits per heavy atom. The summed E-state index contributed by atoms with van der Waals surface area (Å²) in [5.74, 6) is 0. The second kappa shape index (κ2) is 20.2. The Balaban J connectivity index is 0.000000252. The smallest absolute Gasteiger partial charge is 0.171 e. The van der Waals surface area contributed by atoms with Crippen LogP contribution in [0.2, 0.25) is 5.02 Å². The van der Waals surface area contributed by atoms with E-state index in [-0.39, 0.29) is 10.8 Å². The van der Waals surface area contributed by atoms with E-state index in [9.17, 15) is 0 Å². The summed E-state index contributed by atoms with van der Waals surface area (Å²) in [5, 5.41) is 6.13. The van der Waals surface area contributed by atoms with Crippen LogP contribution in [-0.2, 0) is 35.1 Å². The van der Waals surface area contributed by atoms with Gasteiger partial charge in [-0.2, -0.15) is 84.9 Å². The molecule has 0 fully saturated rings. The van der Waals surface area contributed by atoms with Crippen LogP contribution in [0.1, 0.15) is 52.7 Å². The molecule has 0 aromatic heterocycles. The van der Waals surface area contributed by atoms with E-state index in [4.69, 9.17) is 11.6 Å². The molecule has 0 spiro atoms. The van der Waals surface area contributed by atoms with E-state index in [1.165, 1.54) is 79.2 Å². The van der Waals surface area contributed by atoms with Crippen LogP contribution in [0.15, 0.2) is 176 Å². The van der Waals surface area contributed by atoms with Crippen LogP contribution in [0.5, 0.6) is 0 Å². The van der Waals surface area contributed by atoms with Crippen LogP contribution in [0.4, 0.5) is 0 Å². The minimum absolute atomic E-state index is 0.0554. The first kappa shape index (κ1) is 41.3. The average molecular weight is 789 g/mol. The summed E-state index contributed by atoms with van der Waals surface area (Å²) in [7, 11) is 0. The first-order chi connectivity index (χ1) is 25.5. The van der Waals surface area contributed by atoms with Gasteiger partial charge in [-0.05, 0) is 44.2 Å². The van der Waals surface area contributed by atoms with Gasteiger partial charge in [-0.1, -0.05) is 119 Å². The number of hydrogen-bond acceptors (Lipinski definition) is 0. The second-order valence-electron chi connectivity index (χ2n) is 14.6. The third kappa shape index (κ3) is 12.0. The van der Waals surface area contributed by atoms with Crippen molar-refractivity contribution in [2.75, 3.05) is 0 Å². The molecule has 268 valence electrons. The molecule has 0 saturated carbocycles. The Morgan fingerprint density at radius 1 is 0.509 bits per heavy atom. The standard InChI is InChI=1S/C33H33.C6H4Cl.C6H5.C5H5.CH2.Zr/c1-32(2,3)30-20-26-24(18-28(30)22-13-9-7-10-14-22)17-25-19-29(23-15-11-8-12-16-23)31(21-27(25)26)33(4,5)6;7-6-4-2-1-3-5-6;1-2-4-6-5-3-1;1-2-4-5-3-1;;/h7-21H,1-6H3;2-5H;1-5H;1-5H;1H2;/q4*-1;;. The number of halogens is 1. The summed E-state index contributed by atoms with van der Waals surface area (Å²) in [4.78, 5) is 0. The fourth-order valence-corrected chi connectivity index (χ4v) is 6.22. The maximum Gasteiger partial charge on any atom is -0.171 e. The summed E-state index contributed by atoms with van der Waals surface area (Å²) < 4.78 is 3.34. The Bertz CT molecular complexity index is 2040. The number of fused-ring (bicyclic) bond motifs is 3. The normalized spacial score (nSPS) is 10.7. The molecule has 8 aromatic rings. The molecule has 0 bridgehead atoms. The maximum atomic E-state index is 5.52. The van der Waals surface area contributed by atoms with E-state index in [0.29, 0.717) is 0 Å². The van der Waals surface area contributed by atoms with Crippen LogP contribution >= 0.6 is 11.6 Å². The first-order valence-electron chi connectivity index (χ1n) is 17.9. The van der Waals surface area contributed by atoms with Crippen LogP contribution in [0, 0.1) is 12.1 Å². The summed E-state index contributed by atoms with van der Waals surface area (Å²) in [6, 6.07) is 66.2. The molecule has 8 rings (SSSR count). The van der Waals surface area contributed by atoms with Crippen molar-refractivity contribution >= 4 is 37.4 Å². The summed E-state index contributed by atoms with van der Waals surface area (Å²) in [5.41, 5.74) is 8.16. The van der Waals surface area contributed by atoms with Crippen molar-refractivity contribution in [2.45, 2.75) is 52.4 Å². The van der Waals surface area contributed by atoms with E-state index in [1.54, 1.807) is 24.3 Å². The summed E-state index contributed by atoms with van der Waals surface area (Å²) in [6.07, 6.45) is 0. The van der Waals surface area contributed by atoms with Crippen LogP contribution in [-0.4, -0.2) is 4.21 Å². The third-order valence-corrected chi connectivity index (χ3v) is 8.86. The SMILES string of the molecule is CC(C)(C)c1cc2c(cc1-c1ccccc1)[cH-]c1cc(-c3ccccc3)c(C(C)(C)C)cc12.Clc1cc[c-]cc1.[CH2]=[Zr].[c-]1ccccc1.c1cc[cH-]c1. The Morgan fingerprint density at radius 3 is 1.19 bits per heavy atom. The molecule has 0 N–H and O–H groups in total. The van der Waals surface area contributed by atoms with Crippen molar-refractivity contribution < 1.29 is 24.2 Å². The molecular formula is C51H49ClZr-4. The summed E-state index contributed by atoms with van der Waals surface area (Å²) in [6.45, 7) is 13.9. The van der Waals surface area contributed by atoms with Crippen molar-refractivity contribution in [1.29, 1.82) is 0 Å². The fourth-order valence-electron chi connectivity index (χ4n) is 6.09. The van der Waals surface area contributed by atoms with E-state index in [0.717, 1.165) is 5.02 Å². The number of benzene rings is 6. The van der Waals surface area contributed by atoms with Gasteiger partial charge in [0.15, 0.2) is 0 Å². The predicted octanol–water partition coefficient (Wildman–Crippen LogP) is 14.6. The van der Waals surface area contributed by atoms with Crippen LogP contribution < -0.4 is 0 Å². The van der Waals surface area contributed by atoms with Gasteiger partial charge in [-0.15, -0.1) is 51.3 Å². The van der Waals surface area contributed by atoms with Gasteiger partial charge in [0.25, 0.3) is 0 Å². The van der Waals surface area contributed by atoms with Gasteiger partial charge in [-0.25, -0.2) is 12.1 Å². The predicted molar refractivity (Wildman–Crippen MR) is 230 cm³/mol.